The van der Waals surface area contributed by atoms with E-state index >= 15 is 0 Å². The largest absolute Gasteiger partial charge is 0.399 e. The summed E-state index contributed by atoms with van der Waals surface area (Å²) in [5.74, 6) is -1.71. The van der Waals surface area contributed by atoms with E-state index < -0.39 is 11.8 Å². The minimum absolute atomic E-state index is 0.244. The lowest BCUT2D eigenvalue weighted by molar-refractivity contribution is -0.132. The molecule has 0 spiro atoms. The summed E-state index contributed by atoms with van der Waals surface area (Å²) < 4.78 is 0. The van der Waals surface area contributed by atoms with Crippen LogP contribution in [0, 0.1) is 0 Å². The lowest BCUT2D eigenvalue weighted by Gasteiger charge is -2.09. The third kappa shape index (κ3) is 3.87. The molecule has 2 amide bonds. The Morgan fingerprint density at radius 3 is 2.00 bits per heavy atom. The molecule has 2 aromatic carbocycles. The normalized spacial score (nSPS) is 10.0. The molecule has 0 saturated carbocycles. The van der Waals surface area contributed by atoms with Crippen LogP contribution in [0.5, 0.6) is 0 Å². The molecule has 21 heavy (non-hydrogen) atoms. The van der Waals surface area contributed by atoms with Crippen molar-refractivity contribution in [2.45, 2.75) is 0 Å². The summed E-state index contributed by atoms with van der Waals surface area (Å²) >= 11 is 11.8. The van der Waals surface area contributed by atoms with E-state index in [1.54, 1.807) is 30.3 Å². The molecule has 0 aromatic heterocycles. The Morgan fingerprint density at radius 2 is 1.43 bits per heavy atom. The summed E-state index contributed by atoms with van der Waals surface area (Å²) in [4.78, 5) is 23.6. The van der Waals surface area contributed by atoms with Gasteiger partial charge in [0, 0.05) is 5.69 Å². The topological polar surface area (TPSA) is 84.2 Å². The van der Waals surface area contributed by atoms with Gasteiger partial charge in [-0.15, -0.1) is 0 Å². The van der Waals surface area contributed by atoms with Gasteiger partial charge in [0.05, 0.1) is 21.4 Å². The van der Waals surface area contributed by atoms with E-state index in [1.807, 2.05) is 0 Å². The van der Waals surface area contributed by atoms with E-state index in [0.717, 1.165) is 0 Å². The fourth-order valence-electron chi connectivity index (χ4n) is 1.55. The minimum Gasteiger partial charge on any atom is -0.399 e. The van der Waals surface area contributed by atoms with Gasteiger partial charge in [-0.25, -0.2) is 0 Å². The maximum atomic E-state index is 11.8. The predicted molar refractivity (Wildman–Crippen MR) is 84.6 cm³/mol. The average Bonchev–Trinajstić information content (AvgIpc) is 2.44. The molecule has 5 nitrogen and oxygen atoms in total. The molecular weight excluding hydrogens is 313 g/mol. The number of rotatable bonds is 2. The Balaban J connectivity index is 2.06. The highest BCUT2D eigenvalue weighted by Crippen LogP contribution is 2.24. The molecule has 2 aromatic rings. The highest BCUT2D eigenvalue weighted by atomic mass is 35.5. The summed E-state index contributed by atoms with van der Waals surface area (Å²) in [6.07, 6.45) is 0. The second kappa shape index (κ2) is 6.47. The Morgan fingerprint density at radius 1 is 0.857 bits per heavy atom. The number of carbonyl (C=O) groups excluding carboxylic acids is 2. The van der Waals surface area contributed by atoms with Gasteiger partial charge in [-0.2, -0.15) is 0 Å². The maximum Gasteiger partial charge on any atom is 0.314 e. The Labute approximate surface area is 131 Å². The van der Waals surface area contributed by atoms with Gasteiger partial charge in [-0.3, -0.25) is 9.59 Å². The SMILES string of the molecule is Nc1ccc(NC(=O)C(=O)Nc2ccccc2Cl)c(Cl)c1. The molecule has 0 atom stereocenters. The zero-order valence-corrected chi connectivity index (χ0v) is 12.2. The standard InChI is InChI=1S/C14H11Cl2N3O2/c15-9-3-1-2-4-11(9)18-13(20)14(21)19-12-6-5-8(17)7-10(12)16/h1-7H,17H2,(H,18,20)(H,19,21). The zero-order valence-electron chi connectivity index (χ0n) is 10.7. The van der Waals surface area contributed by atoms with Gasteiger partial charge < -0.3 is 16.4 Å². The predicted octanol–water partition coefficient (Wildman–Crippen LogP) is 3.15. The second-order valence-corrected chi connectivity index (χ2v) is 4.94. The lowest BCUT2D eigenvalue weighted by atomic mass is 10.2. The van der Waals surface area contributed by atoms with Crippen molar-refractivity contribution in [3.8, 4) is 0 Å². The van der Waals surface area contributed by atoms with Crippen LogP contribution >= 0.6 is 23.2 Å². The van der Waals surface area contributed by atoms with Crippen molar-refractivity contribution >= 4 is 52.1 Å². The van der Waals surface area contributed by atoms with Gasteiger partial charge in [0.1, 0.15) is 0 Å². The number of para-hydroxylation sites is 1. The molecule has 0 aliphatic carbocycles. The van der Waals surface area contributed by atoms with Gasteiger partial charge in [-0.1, -0.05) is 35.3 Å². The quantitative estimate of drug-likeness (QED) is 0.586. The number of hydrogen-bond acceptors (Lipinski definition) is 3. The van der Waals surface area contributed by atoms with Crippen LogP contribution in [-0.4, -0.2) is 11.8 Å². The summed E-state index contributed by atoms with van der Waals surface area (Å²) in [5, 5.41) is 5.39. The van der Waals surface area contributed by atoms with E-state index in [4.69, 9.17) is 28.9 Å². The van der Waals surface area contributed by atoms with Crippen molar-refractivity contribution in [2.24, 2.45) is 0 Å². The first-order valence-electron chi connectivity index (χ1n) is 5.89. The summed E-state index contributed by atoms with van der Waals surface area (Å²) in [6, 6.07) is 11.1. The first-order chi connectivity index (χ1) is 9.97. The van der Waals surface area contributed by atoms with Crippen LogP contribution in [0.2, 0.25) is 10.0 Å². The third-order valence-electron chi connectivity index (χ3n) is 2.57. The first kappa shape index (κ1) is 15.2. The van der Waals surface area contributed by atoms with Crippen LogP contribution in [0.25, 0.3) is 0 Å². The molecular formula is C14H11Cl2N3O2. The second-order valence-electron chi connectivity index (χ2n) is 4.13. The molecule has 4 N–H and O–H groups in total. The summed E-state index contributed by atoms with van der Waals surface area (Å²) in [7, 11) is 0. The highest BCUT2D eigenvalue weighted by Gasteiger charge is 2.16. The Kier molecular flexibility index (Phi) is 4.67. The van der Waals surface area contributed by atoms with Gasteiger partial charge in [0.15, 0.2) is 0 Å². The number of halogens is 2. The van der Waals surface area contributed by atoms with Gasteiger partial charge >= 0.3 is 11.8 Å². The molecule has 0 bridgehead atoms. The zero-order chi connectivity index (χ0) is 15.4. The van der Waals surface area contributed by atoms with Crippen molar-refractivity contribution in [2.75, 3.05) is 16.4 Å². The van der Waals surface area contributed by atoms with Crippen molar-refractivity contribution < 1.29 is 9.59 Å². The number of nitrogens with two attached hydrogens (primary N) is 1. The highest BCUT2D eigenvalue weighted by molar-refractivity contribution is 6.45. The van der Waals surface area contributed by atoms with Crippen molar-refractivity contribution in [3.05, 3.63) is 52.5 Å². The van der Waals surface area contributed by atoms with E-state index in [9.17, 15) is 9.59 Å². The molecule has 108 valence electrons. The van der Waals surface area contributed by atoms with Gasteiger partial charge in [0.25, 0.3) is 0 Å². The number of nitrogen functional groups attached to an aromatic ring is 1. The van der Waals surface area contributed by atoms with Gasteiger partial charge in [0.2, 0.25) is 0 Å². The molecule has 0 radical (unpaired) electrons. The van der Waals surface area contributed by atoms with Gasteiger partial charge in [-0.05, 0) is 30.3 Å². The lowest BCUT2D eigenvalue weighted by Crippen LogP contribution is -2.29. The van der Waals surface area contributed by atoms with Crippen molar-refractivity contribution in [3.63, 3.8) is 0 Å². The van der Waals surface area contributed by atoms with Crippen LogP contribution in [-0.2, 0) is 9.59 Å². The van der Waals surface area contributed by atoms with E-state index in [0.29, 0.717) is 22.1 Å². The van der Waals surface area contributed by atoms with Crippen LogP contribution in [0.1, 0.15) is 0 Å². The fourth-order valence-corrected chi connectivity index (χ4v) is 1.97. The monoisotopic (exact) mass is 323 g/mol. The number of amides is 2. The van der Waals surface area contributed by atoms with E-state index in [1.165, 1.54) is 12.1 Å². The van der Waals surface area contributed by atoms with E-state index in [2.05, 4.69) is 10.6 Å². The smallest absolute Gasteiger partial charge is 0.314 e. The van der Waals surface area contributed by atoms with Crippen molar-refractivity contribution in [1.29, 1.82) is 0 Å². The molecule has 0 heterocycles. The minimum atomic E-state index is -0.860. The van der Waals surface area contributed by atoms with Crippen LogP contribution in [0.3, 0.4) is 0 Å². The number of anilines is 3. The average molecular weight is 324 g/mol. The molecule has 0 fully saturated rings. The molecule has 0 aliphatic heterocycles. The van der Waals surface area contributed by atoms with Crippen LogP contribution in [0.4, 0.5) is 17.1 Å². The molecule has 0 unspecified atom stereocenters. The first-order valence-corrected chi connectivity index (χ1v) is 6.65. The van der Waals surface area contributed by atoms with Crippen molar-refractivity contribution in [1.82, 2.24) is 0 Å². The molecule has 7 heteroatoms. The number of benzene rings is 2. The summed E-state index contributed by atoms with van der Waals surface area (Å²) in [6.45, 7) is 0. The number of carbonyl (C=O) groups is 2. The maximum absolute atomic E-state index is 11.8. The Bertz CT molecular complexity index is 704. The van der Waals surface area contributed by atoms with Crippen LogP contribution < -0.4 is 16.4 Å². The third-order valence-corrected chi connectivity index (χ3v) is 3.21. The summed E-state index contributed by atoms with van der Waals surface area (Å²) in [5.41, 5.74) is 6.65. The Hall–Kier alpha value is -2.24. The number of hydrogen-bond donors (Lipinski definition) is 3. The fraction of sp³-hybridized carbons (Fsp3) is 0. The van der Waals surface area contributed by atoms with E-state index in [-0.39, 0.29) is 5.02 Å². The molecule has 2 rings (SSSR count). The molecule has 0 aliphatic rings. The molecule has 0 saturated heterocycles. The number of nitrogens with one attached hydrogen (secondary N) is 2. The van der Waals surface area contributed by atoms with Crippen LogP contribution in [0.15, 0.2) is 42.5 Å².